The number of benzene rings is 1. The van der Waals surface area contributed by atoms with Crippen molar-refractivity contribution >= 4 is 28.7 Å². The Morgan fingerprint density at radius 1 is 1.44 bits per heavy atom. The fraction of sp³-hybridized carbons (Fsp3) is 0.400. The van der Waals surface area contributed by atoms with E-state index < -0.39 is 4.92 Å². The van der Waals surface area contributed by atoms with Crippen molar-refractivity contribution in [3.63, 3.8) is 0 Å². The fourth-order valence-corrected chi connectivity index (χ4v) is 1.69. The van der Waals surface area contributed by atoms with E-state index in [0.717, 1.165) is 0 Å². The molecule has 0 atom stereocenters. The monoisotopic (exact) mass is 243 g/mol. The molecule has 0 aliphatic carbocycles. The summed E-state index contributed by atoms with van der Waals surface area (Å²) in [7, 11) is 0. The molecular formula is C10H14ClN3O2. The van der Waals surface area contributed by atoms with Crippen LogP contribution in [-0.4, -0.2) is 18.0 Å². The maximum atomic E-state index is 10.9. The van der Waals surface area contributed by atoms with Crippen LogP contribution in [-0.2, 0) is 0 Å². The molecule has 16 heavy (non-hydrogen) atoms. The number of hydrogen-bond donors (Lipinski definition) is 1. The second-order valence-electron chi connectivity index (χ2n) is 3.29. The minimum absolute atomic E-state index is 0.0112. The van der Waals surface area contributed by atoms with Crippen LogP contribution in [0.15, 0.2) is 12.1 Å². The van der Waals surface area contributed by atoms with Crippen LogP contribution < -0.4 is 10.6 Å². The van der Waals surface area contributed by atoms with Gasteiger partial charge in [0.25, 0.3) is 5.69 Å². The summed E-state index contributed by atoms with van der Waals surface area (Å²) in [5.74, 6) is 0. The van der Waals surface area contributed by atoms with Gasteiger partial charge in [-0.05, 0) is 19.9 Å². The van der Waals surface area contributed by atoms with Crippen LogP contribution in [0.1, 0.15) is 13.8 Å². The Bertz CT molecular complexity index is 405. The van der Waals surface area contributed by atoms with Gasteiger partial charge in [-0.25, -0.2) is 0 Å². The number of halogens is 1. The molecule has 0 heterocycles. The number of anilines is 2. The van der Waals surface area contributed by atoms with Gasteiger partial charge in [0.05, 0.1) is 15.6 Å². The SMILES string of the molecule is CCN(CC)c1cc(N)c(Cl)cc1[N+](=O)[O-]. The second-order valence-corrected chi connectivity index (χ2v) is 3.70. The van der Waals surface area contributed by atoms with E-state index in [9.17, 15) is 10.1 Å². The van der Waals surface area contributed by atoms with Crippen LogP contribution in [0.4, 0.5) is 17.1 Å². The largest absolute Gasteiger partial charge is 0.397 e. The average Bonchev–Trinajstić information content (AvgIpc) is 2.24. The van der Waals surface area contributed by atoms with Crippen LogP contribution in [0, 0.1) is 10.1 Å². The van der Waals surface area contributed by atoms with Crippen molar-refractivity contribution in [3.8, 4) is 0 Å². The van der Waals surface area contributed by atoms with Crippen molar-refractivity contribution in [2.45, 2.75) is 13.8 Å². The first-order valence-corrected chi connectivity index (χ1v) is 5.37. The van der Waals surface area contributed by atoms with Gasteiger partial charge in [0.15, 0.2) is 0 Å². The van der Waals surface area contributed by atoms with E-state index in [1.54, 1.807) is 6.07 Å². The van der Waals surface area contributed by atoms with Gasteiger partial charge in [0.1, 0.15) is 5.69 Å². The number of nitrogen functional groups attached to an aromatic ring is 1. The average molecular weight is 244 g/mol. The van der Waals surface area contributed by atoms with Crippen molar-refractivity contribution < 1.29 is 4.92 Å². The van der Waals surface area contributed by atoms with Crippen molar-refractivity contribution in [2.75, 3.05) is 23.7 Å². The molecule has 0 fully saturated rings. The predicted molar refractivity (Wildman–Crippen MR) is 66.1 cm³/mol. The van der Waals surface area contributed by atoms with E-state index in [2.05, 4.69) is 0 Å². The van der Waals surface area contributed by atoms with Gasteiger partial charge in [-0.2, -0.15) is 0 Å². The van der Waals surface area contributed by atoms with E-state index in [4.69, 9.17) is 17.3 Å². The van der Waals surface area contributed by atoms with Crippen LogP contribution in [0.5, 0.6) is 0 Å². The molecule has 2 N–H and O–H groups in total. The van der Waals surface area contributed by atoms with Gasteiger partial charge in [-0.1, -0.05) is 11.6 Å². The van der Waals surface area contributed by atoms with Gasteiger partial charge in [-0.15, -0.1) is 0 Å². The van der Waals surface area contributed by atoms with Crippen molar-refractivity contribution in [1.29, 1.82) is 0 Å². The molecule has 0 aliphatic rings. The number of hydrogen-bond acceptors (Lipinski definition) is 4. The van der Waals surface area contributed by atoms with Crippen molar-refractivity contribution in [3.05, 3.63) is 27.3 Å². The van der Waals surface area contributed by atoms with Gasteiger partial charge < -0.3 is 10.6 Å². The molecule has 0 aromatic heterocycles. The molecule has 1 rings (SSSR count). The predicted octanol–water partition coefficient (Wildman–Crippen LogP) is 2.68. The molecule has 5 nitrogen and oxygen atoms in total. The fourth-order valence-electron chi connectivity index (χ4n) is 1.53. The van der Waals surface area contributed by atoms with E-state index >= 15 is 0 Å². The lowest BCUT2D eigenvalue weighted by molar-refractivity contribution is -0.384. The highest BCUT2D eigenvalue weighted by atomic mass is 35.5. The summed E-state index contributed by atoms with van der Waals surface area (Å²) in [6.45, 7) is 5.22. The summed E-state index contributed by atoms with van der Waals surface area (Å²) in [5.41, 5.74) is 6.51. The van der Waals surface area contributed by atoms with Gasteiger partial charge in [0, 0.05) is 19.2 Å². The minimum Gasteiger partial charge on any atom is -0.397 e. The van der Waals surface area contributed by atoms with Crippen LogP contribution in [0.3, 0.4) is 0 Å². The molecule has 0 amide bonds. The Hall–Kier alpha value is -1.49. The number of nitrogens with two attached hydrogens (primary N) is 1. The van der Waals surface area contributed by atoms with E-state index in [1.807, 2.05) is 18.7 Å². The molecule has 6 heteroatoms. The minimum atomic E-state index is -0.445. The highest BCUT2D eigenvalue weighted by Crippen LogP contribution is 2.34. The van der Waals surface area contributed by atoms with Crippen molar-refractivity contribution in [2.24, 2.45) is 0 Å². The summed E-state index contributed by atoms with van der Waals surface area (Å²) in [4.78, 5) is 12.3. The maximum absolute atomic E-state index is 10.9. The zero-order chi connectivity index (χ0) is 12.3. The molecule has 0 saturated heterocycles. The first-order chi connectivity index (χ1) is 7.51. The zero-order valence-electron chi connectivity index (χ0n) is 9.24. The lowest BCUT2D eigenvalue weighted by Crippen LogP contribution is -2.23. The number of rotatable bonds is 4. The number of nitro groups is 1. The van der Waals surface area contributed by atoms with Crippen molar-refractivity contribution in [1.82, 2.24) is 0 Å². The van der Waals surface area contributed by atoms with Gasteiger partial charge in [0.2, 0.25) is 0 Å². The van der Waals surface area contributed by atoms with Gasteiger partial charge in [-0.3, -0.25) is 10.1 Å². The Morgan fingerprint density at radius 2 is 2.00 bits per heavy atom. The van der Waals surface area contributed by atoms with E-state index in [-0.39, 0.29) is 10.7 Å². The highest BCUT2D eigenvalue weighted by molar-refractivity contribution is 6.33. The molecule has 0 radical (unpaired) electrons. The first-order valence-electron chi connectivity index (χ1n) is 4.99. The molecule has 0 bridgehead atoms. The summed E-state index contributed by atoms with van der Waals surface area (Å²) < 4.78 is 0. The lowest BCUT2D eigenvalue weighted by Gasteiger charge is -2.21. The van der Waals surface area contributed by atoms with Crippen LogP contribution >= 0.6 is 11.6 Å². The van der Waals surface area contributed by atoms with E-state index in [0.29, 0.717) is 24.5 Å². The molecule has 0 unspecified atom stereocenters. The summed E-state index contributed by atoms with van der Waals surface area (Å²) in [6.07, 6.45) is 0. The van der Waals surface area contributed by atoms with Gasteiger partial charge >= 0.3 is 0 Å². The molecule has 1 aromatic rings. The molecular weight excluding hydrogens is 230 g/mol. The normalized spacial score (nSPS) is 10.2. The third-order valence-electron chi connectivity index (χ3n) is 2.39. The topological polar surface area (TPSA) is 72.4 Å². The summed E-state index contributed by atoms with van der Waals surface area (Å²) in [6, 6.07) is 2.85. The third-order valence-corrected chi connectivity index (χ3v) is 2.72. The molecule has 1 aromatic carbocycles. The Balaban J connectivity index is 3.34. The molecule has 88 valence electrons. The molecule has 0 saturated carbocycles. The lowest BCUT2D eigenvalue weighted by atomic mass is 10.2. The smallest absolute Gasteiger partial charge is 0.294 e. The number of nitro benzene ring substituents is 1. The van der Waals surface area contributed by atoms with Crippen LogP contribution in [0.2, 0.25) is 5.02 Å². The zero-order valence-corrected chi connectivity index (χ0v) is 9.99. The maximum Gasteiger partial charge on any atom is 0.294 e. The number of nitrogens with zero attached hydrogens (tertiary/aromatic N) is 2. The standard InChI is InChI=1S/C10H14ClN3O2/c1-3-13(4-2)9-6-8(12)7(11)5-10(9)14(15)16/h5-6H,3-4,12H2,1-2H3. The molecule has 0 spiro atoms. The Kier molecular flexibility index (Phi) is 3.95. The first kappa shape index (κ1) is 12.6. The Labute approximate surface area is 98.9 Å². The second kappa shape index (κ2) is 5.03. The summed E-state index contributed by atoms with van der Waals surface area (Å²) in [5, 5.41) is 11.1. The van der Waals surface area contributed by atoms with Crippen LogP contribution in [0.25, 0.3) is 0 Å². The molecule has 0 aliphatic heterocycles. The third kappa shape index (κ3) is 2.36. The van der Waals surface area contributed by atoms with E-state index in [1.165, 1.54) is 6.07 Å². The highest BCUT2D eigenvalue weighted by Gasteiger charge is 2.19. The Morgan fingerprint density at radius 3 is 2.44 bits per heavy atom. The summed E-state index contributed by atoms with van der Waals surface area (Å²) >= 11 is 5.77. The quantitative estimate of drug-likeness (QED) is 0.501.